The van der Waals surface area contributed by atoms with Gasteiger partial charge in [-0.15, -0.1) is 0 Å². The number of aromatic nitrogens is 2. The Hall–Kier alpha value is -1.86. The largest absolute Gasteiger partial charge is 0.399 e. The fraction of sp³-hybridized carbons (Fsp3) is 0.308. The fourth-order valence-corrected chi connectivity index (χ4v) is 3.66. The first kappa shape index (κ1) is 13.1. The van der Waals surface area contributed by atoms with E-state index in [0.29, 0.717) is 12.2 Å². The van der Waals surface area contributed by atoms with Gasteiger partial charge in [0, 0.05) is 18.3 Å². The number of nitrogens with zero attached hydrogens (tertiary/aromatic N) is 2. The lowest BCUT2D eigenvalue weighted by atomic mass is 10.2. The molecule has 6 nitrogen and oxygen atoms in total. The molecule has 0 spiro atoms. The summed E-state index contributed by atoms with van der Waals surface area (Å²) in [6.45, 7) is 0.353. The van der Waals surface area contributed by atoms with Gasteiger partial charge in [0.05, 0.1) is 6.20 Å². The van der Waals surface area contributed by atoms with E-state index >= 15 is 0 Å². The van der Waals surface area contributed by atoms with Crippen molar-refractivity contribution in [2.45, 2.75) is 30.5 Å². The summed E-state index contributed by atoms with van der Waals surface area (Å²) in [5.74, 6) is 0. The number of benzene rings is 1. The van der Waals surface area contributed by atoms with Crippen LogP contribution in [0.1, 0.15) is 18.4 Å². The van der Waals surface area contributed by atoms with Crippen LogP contribution < -0.4 is 5.73 Å². The zero-order valence-electron chi connectivity index (χ0n) is 10.9. The second-order valence-corrected chi connectivity index (χ2v) is 6.80. The van der Waals surface area contributed by atoms with Crippen LogP contribution in [0.2, 0.25) is 0 Å². The Morgan fingerprint density at radius 1 is 1.25 bits per heavy atom. The average Bonchev–Trinajstić information content (AvgIpc) is 3.09. The highest BCUT2D eigenvalue weighted by Crippen LogP contribution is 2.33. The zero-order chi connectivity index (χ0) is 14.2. The Balaban J connectivity index is 1.88. The summed E-state index contributed by atoms with van der Waals surface area (Å²) in [6.07, 6.45) is 3.26. The molecule has 7 heteroatoms. The normalized spacial score (nSPS) is 15.7. The van der Waals surface area contributed by atoms with Crippen molar-refractivity contribution < 1.29 is 8.42 Å². The minimum atomic E-state index is -3.52. The number of anilines is 1. The number of sulfonamides is 1. The minimum Gasteiger partial charge on any atom is -0.399 e. The van der Waals surface area contributed by atoms with Crippen LogP contribution in [0, 0.1) is 0 Å². The molecule has 2 aromatic rings. The van der Waals surface area contributed by atoms with E-state index in [1.165, 1.54) is 16.6 Å². The molecule has 0 unspecified atom stereocenters. The molecule has 1 fully saturated rings. The Morgan fingerprint density at radius 2 is 1.95 bits per heavy atom. The van der Waals surface area contributed by atoms with Gasteiger partial charge in [0.15, 0.2) is 5.03 Å². The topological polar surface area (TPSA) is 92.1 Å². The maximum atomic E-state index is 12.6. The maximum Gasteiger partial charge on any atom is 0.260 e. The smallest absolute Gasteiger partial charge is 0.260 e. The summed E-state index contributed by atoms with van der Waals surface area (Å²) in [5, 5.41) is 6.40. The molecule has 1 heterocycles. The second kappa shape index (κ2) is 4.92. The average molecular weight is 292 g/mol. The standard InChI is InChI=1S/C13H16N4O2S/c14-11-3-1-10(2-4-11)9-17(12-5-6-12)20(18,19)13-7-8-15-16-13/h1-4,7-8,12H,5-6,9,14H2,(H,15,16). The van der Waals surface area contributed by atoms with Gasteiger partial charge in [-0.25, -0.2) is 8.42 Å². The Bertz CT molecular complexity index is 676. The van der Waals surface area contributed by atoms with Gasteiger partial charge in [-0.3, -0.25) is 5.10 Å². The van der Waals surface area contributed by atoms with E-state index in [2.05, 4.69) is 10.2 Å². The number of hydrogen-bond donors (Lipinski definition) is 2. The number of rotatable bonds is 5. The van der Waals surface area contributed by atoms with Gasteiger partial charge in [0.1, 0.15) is 0 Å². The van der Waals surface area contributed by atoms with Crippen LogP contribution in [0.25, 0.3) is 0 Å². The van der Waals surface area contributed by atoms with Crippen molar-refractivity contribution in [3.63, 3.8) is 0 Å². The van der Waals surface area contributed by atoms with Gasteiger partial charge < -0.3 is 5.73 Å². The summed E-state index contributed by atoms with van der Waals surface area (Å²) in [5.41, 5.74) is 7.24. The van der Waals surface area contributed by atoms with Crippen molar-refractivity contribution in [2.75, 3.05) is 5.73 Å². The van der Waals surface area contributed by atoms with E-state index in [1.54, 1.807) is 12.1 Å². The molecule has 1 aliphatic rings. The third kappa shape index (κ3) is 2.54. The monoisotopic (exact) mass is 292 g/mol. The number of nitrogens with one attached hydrogen (secondary N) is 1. The summed E-state index contributed by atoms with van der Waals surface area (Å²) in [7, 11) is -3.52. The van der Waals surface area contributed by atoms with Crippen molar-refractivity contribution in [3.8, 4) is 0 Å². The number of aromatic amines is 1. The van der Waals surface area contributed by atoms with Crippen LogP contribution in [0.5, 0.6) is 0 Å². The van der Waals surface area contributed by atoms with E-state index in [-0.39, 0.29) is 11.1 Å². The summed E-state index contributed by atoms with van der Waals surface area (Å²) in [4.78, 5) is 0. The molecule has 0 aliphatic heterocycles. The molecule has 1 aromatic carbocycles. The lowest BCUT2D eigenvalue weighted by Crippen LogP contribution is -2.32. The number of hydrogen-bond acceptors (Lipinski definition) is 4. The van der Waals surface area contributed by atoms with E-state index in [9.17, 15) is 8.42 Å². The van der Waals surface area contributed by atoms with E-state index in [4.69, 9.17) is 5.73 Å². The quantitative estimate of drug-likeness (QED) is 0.814. The molecule has 3 N–H and O–H groups in total. The molecule has 0 saturated heterocycles. The Labute approximate surface area is 117 Å². The van der Waals surface area contributed by atoms with Crippen LogP contribution >= 0.6 is 0 Å². The Kier molecular flexibility index (Phi) is 3.23. The van der Waals surface area contributed by atoms with E-state index < -0.39 is 10.0 Å². The third-order valence-electron chi connectivity index (χ3n) is 3.33. The van der Waals surface area contributed by atoms with Crippen LogP contribution in [0.15, 0.2) is 41.6 Å². The molecule has 3 rings (SSSR count). The number of H-pyrrole nitrogens is 1. The van der Waals surface area contributed by atoms with Crippen LogP contribution in [0.3, 0.4) is 0 Å². The molecule has 1 saturated carbocycles. The number of nitrogen functional groups attached to an aromatic ring is 1. The SMILES string of the molecule is Nc1ccc(CN(C2CC2)S(=O)(=O)c2ccn[nH]2)cc1. The summed E-state index contributed by atoms with van der Waals surface area (Å²) in [6, 6.07) is 8.83. The van der Waals surface area contributed by atoms with Crippen LogP contribution in [-0.2, 0) is 16.6 Å². The molecule has 0 bridgehead atoms. The third-order valence-corrected chi connectivity index (χ3v) is 5.16. The van der Waals surface area contributed by atoms with Crippen molar-refractivity contribution in [2.24, 2.45) is 0 Å². The zero-order valence-corrected chi connectivity index (χ0v) is 11.7. The first-order valence-corrected chi connectivity index (χ1v) is 7.87. The highest BCUT2D eigenvalue weighted by molar-refractivity contribution is 7.89. The predicted octanol–water partition coefficient (Wildman–Crippen LogP) is 1.35. The van der Waals surface area contributed by atoms with Crippen LogP contribution in [0.4, 0.5) is 5.69 Å². The molecule has 0 radical (unpaired) electrons. The lowest BCUT2D eigenvalue weighted by molar-refractivity contribution is 0.396. The summed E-state index contributed by atoms with van der Waals surface area (Å²) < 4.78 is 26.7. The van der Waals surface area contributed by atoms with Crippen molar-refractivity contribution in [1.82, 2.24) is 14.5 Å². The molecular weight excluding hydrogens is 276 g/mol. The molecular formula is C13H16N4O2S. The highest BCUT2D eigenvalue weighted by atomic mass is 32.2. The van der Waals surface area contributed by atoms with Gasteiger partial charge in [-0.1, -0.05) is 12.1 Å². The molecule has 0 amide bonds. The van der Waals surface area contributed by atoms with Gasteiger partial charge in [0.25, 0.3) is 10.0 Å². The lowest BCUT2D eigenvalue weighted by Gasteiger charge is -2.21. The number of nitrogens with two attached hydrogens (primary N) is 1. The first-order chi connectivity index (χ1) is 9.57. The van der Waals surface area contributed by atoms with Gasteiger partial charge in [-0.05, 0) is 36.6 Å². The molecule has 1 aliphatic carbocycles. The van der Waals surface area contributed by atoms with E-state index in [0.717, 1.165) is 18.4 Å². The predicted molar refractivity (Wildman–Crippen MR) is 75.2 cm³/mol. The van der Waals surface area contributed by atoms with Gasteiger partial charge >= 0.3 is 0 Å². The summed E-state index contributed by atoms with van der Waals surface area (Å²) >= 11 is 0. The van der Waals surface area contributed by atoms with Crippen LogP contribution in [-0.4, -0.2) is 29.0 Å². The molecule has 0 atom stereocenters. The van der Waals surface area contributed by atoms with Crippen molar-refractivity contribution in [3.05, 3.63) is 42.1 Å². The second-order valence-electron chi connectivity index (χ2n) is 4.94. The highest BCUT2D eigenvalue weighted by Gasteiger charge is 2.38. The minimum absolute atomic E-state index is 0.0841. The maximum absolute atomic E-state index is 12.6. The molecule has 20 heavy (non-hydrogen) atoms. The van der Waals surface area contributed by atoms with E-state index in [1.807, 2.05) is 12.1 Å². The van der Waals surface area contributed by atoms with Crippen molar-refractivity contribution in [1.29, 1.82) is 0 Å². The Morgan fingerprint density at radius 3 is 2.50 bits per heavy atom. The molecule has 1 aromatic heterocycles. The first-order valence-electron chi connectivity index (χ1n) is 6.43. The fourth-order valence-electron chi connectivity index (χ4n) is 2.09. The van der Waals surface area contributed by atoms with Gasteiger partial charge in [-0.2, -0.15) is 9.40 Å². The van der Waals surface area contributed by atoms with Gasteiger partial charge in [0.2, 0.25) is 0 Å². The molecule has 106 valence electrons. The van der Waals surface area contributed by atoms with Crippen molar-refractivity contribution >= 4 is 15.7 Å².